The van der Waals surface area contributed by atoms with Crippen LogP contribution in [0.3, 0.4) is 0 Å². The molecule has 6 nitrogen and oxygen atoms in total. The minimum atomic E-state index is -0.132. The fraction of sp³-hybridized carbons (Fsp3) is 0.476. The highest BCUT2D eigenvalue weighted by Gasteiger charge is 2.31. The monoisotopic (exact) mass is 431 g/mol. The number of nitrogens with one attached hydrogen (secondary N) is 2. The standard InChI is InChI=1S/C21H25N3O3S2/c1-21(2,3)12-6-7-14-15(9-12)29-19-17(14)18(26)23-20(24-19)28-11-16(25)22-10-13-5-4-8-27-13/h4-5,8,12H,6-7,9-11H2,1-3H3,(H,22,25)(H,23,24,26)/t12-/m0/s1. The summed E-state index contributed by atoms with van der Waals surface area (Å²) in [5.74, 6) is 1.38. The molecule has 1 atom stereocenters. The second-order valence-electron chi connectivity index (χ2n) is 8.51. The first-order valence-corrected chi connectivity index (χ1v) is 11.6. The van der Waals surface area contributed by atoms with E-state index < -0.39 is 0 Å². The molecule has 3 aromatic heterocycles. The Balaban J connectivity index is 1.46. The third kappa shape index (κ3) is 4.43. The number of carbonyl (C=O) groups excluding carboxylic acids is 1. The number of thioether (sulfide) groups is 1. The van der Waals surface area contributed by atoms with E-state index in [4.69, 9.17) is 4.42 Å². The largest absolute Gasteiger partial charge is 0.467 e. The van der Waals surface area contributed by atoms with Crippen LogP contribution in [-0.4, -0.2) is 21.6 Å². The molecule has 0 aliphatic heterocycles. The normalized spacial score (nSPS) is 16.7. The summed E-state index contributed by atoms with van der Waals surface area (Å²) in [5, 5.41) is 4.02. The molecule has 0 spiro atoms. The molecule has 0 saturated carbocycles. The Morgan fingerprint density at radius 3 is 3.00 bits per heavy atom. The van der Waals surface area contributed by atoms with Crippen LogP contribution in [0.5, 0.6) is 0 Å². The highest BCUT2D eigenvalue weighted by atomic mass is 32.2. The van der Waals surface area contributed by atoms with Gasteiger partial charge in [-0.25, -0.2) is 4.98 Å². The van der Waals surface area contributed by atoms with Gasteiger partial charge in [-0.3, -0.25) is 9.59 Å². The number of aromatic nitrogens is 2. The first-order chi connectivity index (χ1) is 13.8. The molecule has 0 aromatic carbocycles. The summed E-state index contributed by atoms with van der Waals surface area (Å²) >= 11 is 2.88. The number of aromatic amines is 1. The molecule has 0 saturated heterocycles. The van der Waals surface area contributed by atoms with E-state index in [0.29, 0.717) is 23.4 Å². The Labute approximate surface area is 177 Å². The van der Waals surface area contributed by atoms with Crippen molar-refractivity contribution in [3.05, 3.63) is 45.0 Å². The number of aryl methyl sites for hydroxylation is 1. The topological polar surface area (TPSA) is 88.0 Å². The van der Waals surface area contributed by atoms with Crippen LogP contribution >= 0.6 is 23.1 Å². The lowest BCUT2D eigenvalue weighted by molar-refractivity contribution is -0.118. The van der Waals surface area contributed by atoms with Gasteiger partial charge >= 0.3 is 0 Å². The number of rotatable bonds is 5. The van der Waals surface area contributed by atoms with Gasteiger partial charge in [0.15, 0.2) is 5.16 Å². The van der Waals surface area contributed by atoms with Crippen LogP contribution in [-0.2, 0) is 24.2 Å². The molecule has 29 heavy (non-hydrogen) atoms. The predicted molar refractivity (Wildman–Crippen MR) is 116 cm³/mol. The van der Waals surface area contributed by atoms with Crippen LogP contribution in [0.4, 0.5) is 0 Å². The van der Waals surface area contributed by atoms with Crippen molar-refractivity contribution in [1.29, 1.82) is 0 Å². The molecule has 8 heteroatoms. The molecular weight excluding hydrogens is 406 g/mol. The van der Waals surface area contributed by atoms with Crippen LogP contribution in [0, 0.1) is 11.3 Å². The fourth-order valence-electron chi connectivity index (χ4n) is 3.76. The number of carbonyl (C=O) groups is 1. The van der Waals surface area contributed by atoms with E-state index in [-0.39, 0.29) is 22.6 Å². The Hall–Kier alpha value is -2.06. The second kappa shape index (κ2) is 7.99. The molecule has 1 amide bonds. The minimum Gasteiger partial charge on any atom is -0.467 e. The maximum Gasteiger partial charge on any atom is 0.260 e. The summed E-state index contributed by atoms with van der Waals surface area (Å²) in [7, 11) is 0. The number of amides is 1. The molecule has 154 valence electrons. The van der Waals surface area contributed by atoms with Gasteiger partial charge in [-0.2, -0.15) is 0 Å². The molecule has 1 aliphatic rings. The zero-order valence-electron chi connectivity index (χ0n) is 16.8. The number of fused-ring (bicyclic) bond motifs is 3. The summed E-state index contributed by atoms with van der Waals surface area (Å²) < 4.78 is 5.20. The summed E-state index contributed by atoms with van der Waals surface area (Å²) in [6.45, 7) is 7.20. The molecule has 0 bridgehead atoms. The van der Waals surface area contributed by atoms with Crippen molar-refractivity contribution in [2.24, 2.45) is 11.3 Å². The van der Waals surface area contributed by atoms with Crippen molar-refractivity contribution in [2.75, 3.05) is 5.75 Å². The van der Waals surface area contributed by atoms with Crippen LogP contribution in [0.1, 0.15) is 43.4 Å². The number of hydrogen-bond acceptors (Lipinski definition) is 6. The van der Waals surface area contributed by atoms with E-state index in [1.54, 1.807) is 23.7 Å². The third-order valence-corrected chi connectivity index (χ3v) is 7.52. The van der Waals surface area contributed by atoms with E-state index >= 15 is 0 Å². The van der Waals surface area contributed by atoms with Crippen LogP contribution in [0.15, 0.2) is 32.8 Å². The Morgan fingerprint density at radius 1 is 1.45 bits per heavy atom. The predicted octanol–water partition coefficient (Wildman–Crippen LogP) is 4.14. The maximum absolute atomic E-state index is 12.7. The van der Waals surface area contributed by atoms with Crippen LogP contribution in [0.2, 0.25) is 0 Å². The van der Waals surface area contributed by atoms with Crippen LogP contribution in [0.25, 0.3) is 10.2 Å². The van der Waals surface area contributed by atoms with Crippen molar-refractivity contribution in [2.45, 2.75) is 51.7 Å². The SMILES string of the molecule is CC(C)(C)[C@H]1CCc2c(sc3nc(SCC(=O)NCc4ccco4)[nH]c(=O)c23)C1. The molecule has 4 rings (SSSR count). The number of furan rings is 1. The van der Waals surface area contributed by atoms with Crippen molar-refractivity contribution in [3.63, 3.8) is 0 Å². The third-order valence-electron chi connectivity index (χ3n) is 5.50. The Bertz CT molecular complexity index is 1080. The number of hydrogen-bond donors (Lipinski definition) is 2. The number of nitrogens with zero attached hydrogens (tertiary/aromatic N) is 1. The molecule has 1 aliphatic carbocycles. The van der Waals surface area contributed by atoms with E-state index in [0.717, 1.165) is 29.5 Å². The lowest BCUT2D eigenvalue weighted by Crippen LogP contribution is -2.26. The molecule has 0 radical (unpaired) electrons. The van der Waals surface area contributed by atoms with Gasteiger partial charge in [0.1, 0.15) is 10.6 Å². The van der Waals surface area contributed by atoms with Crippen molar-refractivity contribution >= 4 is 39.2 Å². The smallest absolute Gasteiger partial charge is 0.260 e. The molecule has 0 unspecified atom stereocenters. The highest BCUT2D eigenvalue weighted by Crippen LogP contribution is 2.42. The molecular formula is C21H25N3O3S2. The zero-order chi connectivity index (χ0) is 20.6. The average Bonchev–Trinajstić information content (AvgIpc) is 3.30. The summed E-state index contributed by atoms with van der Waals surface area (Å²) in [6.07, 6.45) is 4.62. The van der Waals surface area contributed by atoms with E-state index in [1.807, 2.05) is 6.07 Å². The van der Waals surface area contributed by atoms with Gasteiger partial charge in [-0.05, 0) is 48.3 Å². The molecule has 3 heterocycles. The summed E-state index contributed by atoms with van der Waals surface area (Å²) in [6, 6.07) is 3.59. The van der Waals surface area contributed by atoms with Gasteiger partial charge < -0.3 is 14.7 Å². The molecule has 0 fully saturated rings. The quantitative estimate of drug-likeness (QED) is 0.468. The lowest BCUT2D eigenvalue weighted by atomic mass is 9.72. The van der Waals surface area contributed by atoms with Crippen molar-refractivity contribution in [3.8, 4) is 0 Å². The Kier molecular flexibility index (Phi) is 5.57. The first kappa shape index (κ1) is 20.2. The Morgan fingerprint density at radius 2 is 2.28 bits per heavy atom. The molecule has 3 aromatic rings. The van der Waals surface area contributed by atoms with Gasteiger partial charge in [-0.1, -0.05) is 32.5 Å². The summed E-state index contributed by atoms with van der Waals surface area (Å²) in [5.41, 5.74) is 1.34. The van der Waals surface area contributed by atoms with Gasteiger partial charge in [-0.15, -0.1) is 11.3 Å². The van der Waals surface area contributed by atoms with E-state index in [1.165, 1.54) is 22.2 Å². The van der Waals surface area contributed by atoms with Gasteiger partial charge in [0.05, 0.1) is 23.9 Å². The average molecular weight is 432 g/mol. The molecule has 2 N–H and O–H groups in total. The van der Waals surface area contributed by atoms with E-state index in [2.05, 4.69) is 36.1 Å². The van der Waals surface area contributed by atoms with Gasteiger partial charge in [0, 0.05) is 4.88 Å². The first-order valence-electron chi connectivity index (χ1n) is 9.77. The van der Waals surface area contributed by atoms with Crippen LogP contribution < -0.4 is 10.9 Å². The second-order valence-corrected chi connectivity index (χ2v) is 10.6. The summed E-state index contributed by atoms with van der Waals surface area (Å²) in [4.78, 5) is 34.4. The van der Waals surface area contributed by atoms with E-state index in [9.17, 15) is 9.59 Å². The van der Waals surface area contributed by atoms with Crippen molar-refractivity contribution < 1.29 is 9.21 Å². The van der Waals surface area contributed by atoms with Crippen molar-refractivity contribution in [1.82, 2.24) is 15.3 Å². The lowest BCUT2D eigenvalue weighted by Gasteiger charge is -2.33. The van der Waals surface area contributed by atoms with Gasteiger partial charge in [0.2, 0.25) is 5.91 Å². The maximum atomic E-state index is 12.7. The zero-order valence-corrected chi connectivity index (χ0v) is 18.5. The fourth-order valence-corrected chi connectivity index (χ4v) is 5.80. The minimum absolute atomic E-state index is 0.0970. The van der Waals surface area contributed by atoms with Gasteiger partial charge in [0.25, 0.3) is 5.56 Å². The number of thiophene rings is 1. The number of H-pyrrole nitrogens is 1. The highest BCUT2D eigenvalue weighted by molar-refractivity contribution is 7.99.